The molecule has 3 N–H and O–H groups in total. The van der Waals surface area contributed by atoms with E-state index in [-0.39, 0.29) is 24.3 Å². The van der Waals surface area contributed by atoms with Crippen LogP contribution in [0.2, 0.25) is 0 Å². The van der Waals surface area contributed by atoms with Gasteiger partial charge in [-0.25, -0.2) is 0 Å². The highest BCUT2D eigenvalue weighted by atomic mass is 32.1. The van der Waals surface area contributed by atoms with E-state index in [0.29, 0.717) is 24.9 Å². The van der Waals surface area contributed by atoms with Gasteiger partial charge in [0.2, 0.25) is 5.91 Å². The molecule has 0 bridgehead atoms. The molecule has 118 valence electrons. The van der Waals surface area contributed by atoms with Crippen LogP contribution in [0.5, 0.6) is 0 Å². The fourth-order valence-corrected chi connectivity index (χ4v) is 2.15. The number of carbonyl (C=O) groups is 2. The Morgan fingerprint density at radius 3 is 2.67 bits per heavy atom. The lowest BCUT2D eigenvalue weighted by molar-refractivity contribution is -0.122. The number of thiophene rings is 1. The molecule has 0 saturated heterocycles. The third-order valence-corrected chi connectivity index (χ3v) is 4.22. The maximum atomic E-state index is 11.7. The second-order valence-corrected chi connectivity index (χ2v) is 6.44. The minimum atomic E-state index is -0.900. The topological polar surface area (TPSA) is 78.4 Å². The van der Waals surface area contributed by atoms with Crippen LogP contribution in [0.15, 0.2) is 16.8 Å². The van der Waals surface area contributed by atoms with Gasteiger partial charge in [0.1, 0.15) is 0 Å². The maximum absolute atomic E-state index is 11.7. The molecule has 1 atom stereocenters. The van der Waals surface area contributed by atoms with Crippen LogP contribution in [-0.4, -0.2) is 35.6 Å². The van der Waals surface area contributed by atoms with Crippen molar-refractivity contribution in [3.63, 3.8) is 0 Å². The van der Waals surface area contributed by atoms with Gasteiger partial charge in [-0.3, -0.25) is 9.59 Å². The molecule has 0 radical (unpaired) electrons. The lowest BCUT2D eigenvalue weighted by atomic mass is 9.92. The quantitative estimate of drug-likeness (QED) is 0.640. The van der Waals surface area contributed by atoms with Gasteiger partial charge in [0, 0.05) is 30.5 Å². The van der Waals surface area contributed by atoms with Crippen molar-refractivity contribution < 1.29 is 14.7 Å². The van der Waals surface area contributed by atoms with Crippen molar-refractivity contribution in [1.29, 1.82) is 0 Å². The van der Waals surface area contributed by atoms with Gasteiger partial charge >= 0.3 is 0 Å². The first kappa shape index (κ1) is 17.7. The van der Waals surface area contributed by atoms with Crippen LogP contribution < -0.4 is 10.6 Å². The smallest absolute Gasteiger partial charge is 0.252 e. The van der Waals surface area contributed by atoms with Crippen LogP contribution in [-0.2, 0) is 4.79 Å². The summed E-state index contributed by atoms with van der Waals surface area (Å²) in [6, 6.07) is 1.76. The van der Waals surface area contributed by atoms with Gasteiger partial charge in [0.25, 0.3) is 5.91 Å². The van der Waals surface area contributed by atoms with E-state index in [1.165, 1.54) is 11.3 Å². The van der Waals surface area contributed by atoms with Crippen LogP contribution in [0.4, 0.5) is 0 Å². The average Bonchev–Trinajstić information content (AvgIpc) is 2.95. The van der Waals surface area contributed by atoms with E-state index in [1.807, 2.05) is 19.2 Å². The zero-order valence-corrected chi connectivity index (χ0v) is 13.6. The van der Waals surface area contributed by atoms with E-state index in [0.717, 1.165) is 0 Å². The molecule has 6 heteroatoms. The summed E-state index contributed by atoms with van der Waals surface area (Å²) >= 11 is 1.47. The Labute approximate surface area is 129 Å². The van der Waals surface area contributed by atoms with E-state index in [9.17, 15) is 14.7 Å². The molecule has 2 amide bonds. The molecule has 0 aromatic carbocycles. The SMILES string of the molecule is CC(C)C(C)(O)CNC(=O)CCCNC(=O)c1ccsc1. The lowest BCUT2D eigenvalue weighted by Gasteiger charge is -2.27. The van der Waals surface area contributed by atoms with Crippen LogP contribution in [0.1, 0.15) is 44.0 Å². The van der Waals surface area contributed by atoms with Crippen molar-refractivity contribution in [3.8, 4) is 0 Å². The molecule has 0 fully saturated rings. The molecule has 1 rings (SSSR count). The number of amides is 2. The monoisotopic (exact) mass is 312 g/mol. The zero-order valence-electron chi connectivity index (χ0n) is 12.8. The standard InChI is InChI=1S/C15H24N2O3S/c1-11(2)15(3,20)10-17-13(18)5-4-7-16-14(19)12-6-8-21-9-12/h6,8-9,11,20H,4-5,7,10H2,1-3H3,(H,16,19)(H,17,18). The van der Waals surface area contributed by atoms with Gasteiger partial charge in [-0.2, -0.15) is 11.3 Å². The van der Waals surface area contributed by atoms with Crippen LogP contribution in [0.25, 0.3) is 0 Å². The summed E-state index contributed by atoms with van der Waals surface area (Å²) < 4.78 is 0. The number of hydrogen-bond donors (Lipinski definition) is 3. The van der Waals surface area contributed by atoms with Crippen molar-refractivity contribution >= 4 is 23.2 Å². The Hall–Kier alpha value is -1.40. The minimum absolute atomic E-state index is 0.0719. The highest BCUT2D eigenvalue weighted by Crippen LogP contribution is 2.14. The fourth-order valence-electron chi connectivity index (χ4n) is 1.52. The van der Waals surface area contributed by atoms with E-state index in [2.05, 4.69) is 10.6 Å². The second kappa shape index (κ2) is 8.14. The van der Waals surface area contributed by atoms with Gasteiger partial charge in [-0.1, -0.05) is 13.8 Å². The normalized spacial score (nSPS) is 13.8. The third-order valence-electron chi connectivity index (χ3n) is 3.54. The van der Waals surface area contributed by atoms with Gasteiger partial charge < -0.3 is 15.7 Å². The van der Waals surface area contributed by atoms with Gasteiger partial charge in [0.15, 0.2) is 0 Å². The number of nitrogens with one attached hydrogen (secondary N) is 2. The van der Waals surface area contributed by atoms with Crippen LogP contribution >= 0.6 is 11.3 Å². The molecule has 1 aromatic heterocycles. The Morgan fingerprint density at radius 2 is 2.10 bits per heavy atom. The Bertz CT molecular complexity index is 455. The average molecular weight is 312 g/mol. The second-order valence-electron chi connectivity index (χ2n) is 5.66. The summed E-state index contributed by atoms with van der Waals surface area (Å²) in [6.45, 7) is 6.23. The lowest BCUT2D eigenvalue weighted by Crippen LogP contribution is -2.44. The predicted molar refractivity (Wildman–Crippen MR) is 84.4 cm³/mol. The van der Waals surface area contributed by atoms with Crippen molar-refractivity contribution in [1.82, 2.24) is 10.6 Å². The molecule has 0 spiro atoms. The first-order chi connectivity index (χ1) is 9.83. The van der Waals surface area contributed by atoms with Crippen LogP contribution in [0, 0.1) is 5.92 Å². The van der Waals surface area contributed by atoms with Crippen molar-refractivity contribution in [2.75, 3.05) is 13.1 Å². The molecule has 0 aliphatic rings. The zero-order chi connectivity index (χ0) is 15.9. The van der Waals surface area contributed by atoms with Gasteiger partial charge in [-0.05, 0) is 30.7 Å². The summed E-state index contributed by atoms with van der Waals surface area (Å²) in [7, 11) is 0. The molecule has 21 heavy (non-hydrogen) atoms. The van der Waals surface area contributed by atoms with E-state index < -0.39 is 5.60 Å². The predicted octanol–water partition coefficient (Wildman–Crippen LogP) is 1.78. The summed E-state index contributed by atoms with van der Waals surface area (Å²) in [5, 5.41) is 19.1. The molecular weight excluding hydrogens is 288 g/mol. The summed E-state index contributed by atoms with van der Waals surface area (Å²) in [5.74, 6) is -0.150. The maximum Gasteiger partial charge on any atom is 0.252 e. The first-order valence-corrected chi connectivity index (χ1v) is 8.06. The fraction of sp³-hybridized carbons (Fsp3) is 0.600. The van der Waals surface area contributed by atoms with Crippen LogP contribution in [0.3, 0.4) is 0 Å². The summed E-state index contributed by atoms with van der Waals surface area (Å²) in [6.07, 6.45) is 0.906. The van der Waals surface area contributed by atoms with E-state index in [1.54, 1.807) is 18.4 Å². The molecule has 0 aliphatic heterocycles. The molecule has 1 unspecified atom stereocenters. The highest BCUT2D eigenvalue weighted by Gasteiger charge is 2.25. The molecule has 5 nitrogen and oxygen atoms in total. The van der Waals surface area contributed by atoms with Gasteiger partial charge in [-0.15, -0.1) is 0 Å². The Balaban J connectivity index is 2.15. The first-order valence-electron chi connectivity index (χ1n) is 7.12. The summed E-state index contributed by atoms with van der Waals surface area (Å²) in [4.78, 5) is 23.3. The van der Waals surface area contributed by atoms with Gasteiger partial charge in [0.05, 0.1) is 5.60 Å². The number of aliphatic hydroxyl groups is 1. The minimum Gasteiger partial charge on any atom is -0.388 e. The largest absolute Gasteiger partial charge is 0.388 e. The Kier molecular flexibility index (Phi) is 6.84. The number of rotatable bonds is 8. The Morgan fingerprint density at radius 1 is 1.38 bits per heavy atom. The van der Waals surface area contributed by atoms with E-state index in [4.69, 9.17) is 0 Å². The summed E-state index contributed by atoms with van der Waals surface area (Å²) in [5.41, 5.74) is -0.250. The number of hydrogen-bond acceptors (Lipinski definition) is 4. The molecular formula is C15H24N2O3S. The van der Waals surface area contributed by atoms with Crippen molar-refractivity contribution in [2.45, 2.75) is 39.2 Å². The molecule has 1 heterocycles. The van der Waals surface area contributed by atoms with Crippen molar-refractivity contribution in [2.24, 2.45) is 5.92 Å². The molecule has 1 aromatic rings. The molecule has 0 aliphatic carbocycles. The van der Waals surface area contributed by atoms with Crippen molar-refractivity contribution in [3.05, 3.63) is 22.4 Å². The highest BCUT2D eigenvalue weighted by molar-refractivity contribution is 7.08. The van der Waals surface area contributed by atoms with E-state index >= 15 is 0 Å². The number of carbonyl (C=O) groups excluding carboxylic acids is 2. The third kappa shape index (κ3) is 6.27. The molecule has 0 saturated carbocycles.